The highest BCUT2D eigenvalue weighted by atomic mass is 32.2. The zero-order chi connectivity index (χ0) is 22.5. The molecule has 1 heterocycles. The molecular weight excluding hydrogens is 425 g/mol. The Morgan fingerprint density at radius 3 is 2.53 bits per heavy atom. The first-order chi connectivity index (χ1) is 15.5. The van der Waals surface area contributed by atoms with Crippen molar-refractivity contribution in [1.82, 2.24) is 4.98 Å². The van der Waals surface area contributed by atoms with Crippen molar-refractivity contribution < 1.29 is 18.7 Å². The summed E-state index contributed by atoms with van der Waals surface area (Å²) in [5.41, 5.74) is 4.12. The van der Waals surface area contributed by atoms with E-state index in [9.17, 15) is 9.18 Å². The number of aromatic nitrogens is 1. The normalized spacial score (nSPS) is 10.8. The van der Waals surface area contributed by atoms with Gasteiger partial charge in [0, 0.05) is 11.1 Å². The fourth-order valence-electron chi connectivity index (χ4n) is 3.39. The summed E-state index contributed by atoms with van der Waals surface area (Å²) in [4.78, 5) is 17.6. The number of benzene rings is 3. The molecule has 0 unspecified atom stereocenters. The zero-order valence-electron chi connectivity index (χ0n) is 17.8. The van der Waals surface area contributed by atoms with Gasteiger partial charge in [0.15, 0.2) is 0 Å². The topological polar surface area (TPSA) is 48.4 Å². The molecule has 4 nitrogen and oxygen atoms in total. The quantitative estimate of drug-likeness (QED) is 0.244. The first-order valence-electron chi connectivity index (χ1n) is 10.1. The van der Waals surface area contributed by atoms with Crippen LogP contribution >= 0.6 is 11.8 Å². The summed E-state index contributed by atoms with van der Waals surface area (Å²) in [5, 5.41) is 1.26. The molecule has 162 valence electrons. The molecule has 0 fully saturated rings. The molecule has 0 bridgehead atoms. The van der Waals surface area contributed by atoms with E-state index in [4.69, 9.17) is 14.5 Å². The van der Waals surface area contributed by atoms with E-state index < -0.39 is 5.97 Å². The van der Waals surface area contributed by atoms with E-state index >= 15 is 0 Å². The van der Waals surface area contributed by atoms with Crippen LogP contribution in [0.5, 0.6) is 5.75 Å². The number of pyridine rings is 1. The molecule has 0 atom stereocenters. The van der Waals surface area contributed by atoms with Crippen LogP contribution in [-0.4, -0.2) is 18.1 Å². The smallest absolute Gasteiger partial charge is 0.344 e. The van der Waals surface area contributed by atoms with E-state index in [-0.39, 0.29) is 12.4 Å². The second kappa shape index (κ2) is 9.83. The lowest BCUT2D eigenvalue weighted by molar-refractivity contribution is 0.0590. The van der Waals surface area contributed by atoms with Crippen molar-refractivity contribution >= 4 is 28.6 Å². The Kier molecular flexibility index (Phi) is 6.71. The van der Waals surface area contributed by atoms with Crippen LogP contribution in [0.15, 0.2) is 77.8 Å². The van der Waals surface area contributed by atoms with Gasteiger partial charge in [-0.15, -0.1) is 11.8 Å². The zero-order valence-corrected chi connectivity index (χ0v) is 18.6. The predicted molar refractivity (Wildman–Crippen MR) is 125 cm³/mol. The average molecular weight is 448 g/mol. The van der Waals surface area contributed by atoms with Crippen molar-refractivity contribution in [3.8, 4) is 5.75 Å². The molecule has 4 aromatic rings. The van der Waals surface area contributed by atoms with Crippen LogP contribution in [0.3, 0.4) is 0 Å². The molecule has 0 amide bonds. The first-order valence-corrected chi connectivity index (χ1v) is 11.1. The third-order valence-electron chi connectivity index (χ3n) is 4.96. The Balaban J connectivity index is 1.74. The highest BCUT2D eigenvalue weighted by Gasteiger charge is 2.24. The number of fused-ring (bicyclic) bond motifs is 1. The van der Waals surface area contributed by atoms with Crippen molar-refractivity contribution in [3.05, 3.63) is 101 Å². The average Bonchev–Trinajstić information content (AvgIpc) is 2.81. The standard InChI is InChI=1S/C26H22FNO3S/c1-17-6-5-7-19(14-17)16-32-25-23(26(29)30-2)24(21-8-3-4-9-22(21)28-25)31-15-18-10-12-20(27)13-11-18/h3-14H,15-16H2,1-2H3. The Labute approximate surface area is 190 Å². The van der Waals surface area contributed by atoms with Gasteiger partial charge >= 0.3 is 5.97 Å². The van der Waals surface area contributed by atoms with E-state index in [1.807, 2.05) is 49.4 Å². The summed E-state index contributed by atoms with van der Waals surface area (Å²) in [6.07, 6.45) is 0. The summed E-state index contributed by atoms with van der Waals surface area (Å²) < 4.78 is 24.5. The number of aryl methyl sites for hydroxylation is 1. The molecule has 0 N–H and O–H groups in total. The maximum atomic E-state index is 13.3. The lowest BCUT2D eigenvalue weighted by Crippen LogP contribution is -2.10. The van der Waals surface area contributed by atoms with Crippen molar-refractivity contribution in [1.29, 1.82) is 0 Å². The molecule has 0 spiro atoms. The number of hydrogen-bond donors (Lipinski definition) is 0. The molecule has 0 saturated carbocycles. The van der Waals surface area contributed by atoms with Gasteiger partial charge < -0.3 is 9.47 Å². The number of nitrogens with zero attached hydrogens (tertiary/aromatic N) is 1. The summed E-state index contributed by atoms with van der Waals surface area (Å²) >= 11 is 1.46. The van der Waals surface area contributed by atoms with Crippen LogP contribution in [0, 0.1) is 12.7 Å². The van der Waals surface area contributed by atoms with Gasteiger partial charge in [-0.3, -0.25) is 0 Å². The molecule has 4 rings (SSSR count). The van der Waals surface area contributed by atoms with E-state index in [1.54, 1.807) is 12.1 Å². The second-order valence-electron chi connectivity index (χ2n) is 7.32. The fourth-order valence-corrected chi connectivity index (χ4v) is 4.35. The summed E-state index contributed by atoms with van der Waals surface area (Å²) in [5.74, 6) is 0.241. The second-order valence-corrected chi connectivity index (χ2v) is 8.29. The Morgan fingerprint density at radius 2 is 1.78 bits per heavy atom. The largest absolute Gasteiger partial charge is 0.487 e. The first kappa shape index (κ1) is 21.8. The van der Waals surface area contributed by atoms with Crippen molar-refractivity contribution in [2.75, 3.05) is 7.11 Å². The molecule has 6 heteroatoms. The van der Waals surface area contributed by atoms with E-state index in [0.717, 1.165) is 22.0 Å². The summed E-state index contributed by atoms with van der Waals surface area (Å²) in [6.45, 7) is 2.23. The molecule has 0 radical (unpaired) electrons. The van der Waals surface area contributed by atoms with Gasteiger partial charge in [-0.2, -0.15) is 0 Å². The molecule has 0 aliphatic heterocycles. The van der Waals surface area contributed by atoms with Gasteiger partial charge in [0.1, 0.15) is 28.8 Å². The third-order valence-corrected chi connectivity index (χ3v) is 6.00. The Morgan fingerprint density at radius 1 is 1.00 bits per heavy atom. The number of hydrogen-bond acceptors (Lipinski definition) is 5. The summed E-state index contributed by atoms with van der Waals surface area (Å²) in [6, 6.07) is 21.8. The molecule has 0 aliphatic carbocycles. The molecule has 0 saturated heterocycles. The number of halogens is 1. The van der Waals surface area contributed by atoms with Crippen LogP contribution in [0.1, 0.15) is 27.0 Å². The van der Waals surface area contributed by atoms with Gasteiger partial charge in [0.25, 0.3) is 0 Å². The van der Waals surface area contributed by atoms with Gasteiger partial charge in [0.2, 0.25) is 0 Å². The minimum atomic E-state index is -0.510. The maximum Gasteiger partial charge on any atom is 0.344 e. The van der Waals surface area contributed by atoms with E-state index in [2.05, 4.69) is 6.07 Å². The lowest BCUT2D eigenvalue weighted by Gasteiger charge is -2.16. The van der Waals surface area contributed by atoms with Crippen molar-refractivity contribution in [3.63, 3.8) is 0 Å². The number of methoxy groups -OCH3 is 1. The number of rotatable bonds is 7. The minimum absolute atomic E-state index is 0.181. The highest BCUT2D eigenvalue weighted by molar-refractivity contribution is 7.98. The van der Waals surface area contributed by atoms with Crippen LogP contribution in [0.4, 0.5) is 4.39 Å². The third kappa shape index (κ3) is 4.92. The number of ether oxygens (including phenoxy) is 2. The predicted octanol–water partition coefficient (Wildman–Crippen LogP) is 6.34. The van der Waals surface area contributed by atoms with Crippen LogP contribution in [0.25, 0.3) is 10.9 Å². The maximum absolute atomic E-state index is 13.3. The molecular formula is C26H22FNO3S. The van der Waals surface area contributed by atoms with Gasteiger partial charge in [-0.25, -0.2) is 14.2 Å². The van der Waals surface area contributed by atoms with E-state index in [1.165, 1.54) is 36.6 Å². The number of para-hydroxylation sites is 1. The molecule has 32 heavy (non-hydrogen) atoms. The van der Waals surface area contributed by atoms with Crippen LogP contribution in [-0.2, 0) is 17.1 Å². The lowest BCUT2D eigenvalue weighted by atomic mass is 10.1. The van der Waals surface area contributed by atoms with Crippen LogP contribution < -0.4 is 4.74 Å². The van der Waals surface area contributed by atoms with Gasteiger partial charge in [-0.1, -0.05) is 54.1 Å². The molecule has 1 aromatic heterocycles. The molecule has 0 aliphatic rings. The fraction of sp³-hybridized carbons (Fsp3) is 0.154. The SMILES string of the molecule is COC(=O)c1c(SCc2cccc(C)c2)nc2ccccc2c1OCc1ccc(F)cc1. The number of carbonyl (C=O) groups is 1. The molecule has 3 aromatic carbocycles. The number of carbonyl (C=O) groups excluding carboxylic acids is 1. The summed E-state index contributed by atoms with van der Waals surface area (Å²) in [7, 11) is 1.34. The monoisotopic (exact) mass is 447 g/mol. The van der Waals surface area contributed by atoms with Gasteiger partial charge in [0.05, 0.1) is 12.6 Å². The highest BCUT2D eigenvalue weighted by Crippen LogP contribution is 2.37. The van der Waals surface area contributed by atoms with E-state index in [0.29, 0.717) is 22.1 Å². The van der Waals surface area contributed by atoms with Crippen molar-refractivity contribution in [2.24, 2.45) is 0 Å². The minimum Gasteiger partial charge on any atom is -0.487 e. The van der Waals surface area contributed by atoms with Crippen molar-refractivity contribution in [2.45, 2.75) is 24.3 Å². The van der Waals surface area contributed by atoms with Crippen LogP contribution in [0.2, 0.25) is 0 Å². The Hall–Kier alpha value is -3.38. The Bertz CT molecular complexity index is 1260. The number of esters is 1. The van der Waals surface area contributed by atoms with Gasteiger partial charge in [-0.05, 0) is 42.3 Å². The number of thioether (sulfide) groups is 1.